The first-order valence-corrected chi connectivity index (χ1v) is 10.9. The smallest absolute Gasteiger partial charge is 0.307 e. The molecular formula is C25H20N2O3S. The van der Waals surface area contributed by atoms with Crippen LogP contribution in [0.15, 0.2) is 88.3 Å². The van der Waals surface area contributed by atoms with Crippen molar-refractivity contribution in [2.45, 2.75) is 18.8 Å². The van der Waals surface area contributed by atoms with Gasteiger partial charge in [-0.25, -0.2) is 4.99 Å². The van der Waals surface area contributed by atoms with Gasteiger partial charge in [0.2, 0.25) is 0 Å². The second-order valence-electron chi connectivity index (χ2n) is 7.84. The number of allylic oxidation sites excluding steroid dienone is 5. The zero-order chi connectivity index (χ0) is 21.4. The van der Waals surface area contributed by atoms with Gasteiger partial charge in [-0.05, 0) is 64.6 Å². The number of nitrogens with zero attached hydrogens (tertiary/aromatic N) is 1. The molecule has 31 heavy (non-hydrogen) atoms. The lowest BCUT2D eigenvalue weighted by Gasteiger charge is -2.18. The van der Waals surface area contributed by atoms with Crippen molar-refractivity contribution < 1.29 is 14.7 Å². The van der Waals surface area contributed by atoms with E-state index in [-0.39, 0.29) is 12.3 Å². The molecule has 2 aliphatic carbocycles. The van der Waals surface area contributed by atoms with Crippen LogP contribution in [0.3, 0.4) is 0 Å². The van der Waals surface area contributed by atoms with E-state index >= 15 is 0 Å². The van der Waals surface area contributed by atoms with E-state index in [9.17, 15) is 9.59 Å². The molecule has 2 atom stereocenters. The van der Waals surface area contributed by atoms with Crippen LogP contribution in [0, 0.1) is 5.92 Å². The fourth-order valence-corrected chi connectivity index (χ4v) is 5.13. The van der Waals surface area contributed by atoms with E-state index in [0.29, 0.717) is 33.2 Å². The Kier molecular flexibility index (Phi) is 5.08. The number of amides is 1. The van der Waals surface area contributed by atoms with E-state index in [1.165, 1.54) is 22.9 Å². The number of hydrogen-bond acceptors (Lipinski definition) is 4. The lowest BCUT2D eigenvalue weighted by Crippen LogP contribution is -2.19. The molecule has 0 spiro atoms. The SMILES string of the molecule is O=C(O)Cc1ccc(N=C2NC(=O)/C(=C\C3=CC4Cc5ccccc5C4C=C3)S2)cc1. The Hall–Kier alpha value is -3.38. The summed E-state index contributed by atoms with van der Waals surface area (Å²) in [6.45, 7) is 0. The van der Waals surface area contributed by atoms with Crippen molar-refractivity contribution in [2.24, 2.45) is 10.9 Å². The van der Waals surface area contributed by atoms with E-state index in [1.54, 1.807) is 24.3 Å². The summed E-state index contributed by atoms with van der Waals surface area (Å²) in [7, 11) is 0. The van der Waals surface area contributed by atoms with E-state index in [4.69, 9.17) is 5.11 Å². The summed E-state index contributed by atoms with van der Waals surface area (Å²) in [4.78, 5) is 28.3. The molecule has 2 N–H and O–H groups in total. The van der Waals surface area contributed by atoms with Crippen LogP contribution in [0.25, 0.3) is 0 Å². The lowest BCUT2D eigenvalue weighted by atomic mass is 9.86. The number of aliphatic carboxylic acids is 1. The van der Waals surface area contributed by atoms with Crippen LogP contribution in [0.4, 0.5) is 5.69 Å². The van der Waals surface area contributed by atoms with Gasteiger partial charge >= 0.3 is 5.97 Å². The van der Waals surface area contributed by atoms with Crippen LogP contribution in [0.2, 0.25) is 0 Å². The van der Waals surface area contributed by atoms with Crippen molar-refractivity contribution in [3.63, 3.8) is 0 Å². The summed E-state index contributed by atoms with van der Waals surface area (Å²) in [6.07, 6.45) is 9.54. The van der Waals surface area contributed by atoms with Gasteiger partial charge in [-0.15, -0.1) is 0 Å². The molecule has 2 aromatic rings. The molecule has 1 aliphatic heterocycles. The number of amidine groups is 1. The van der Waals surface area contributed by atoms with Gasteiger partial charge in [0.1, 0.15) is 0 Å². The molecule has 3 aliphatic rings. The molecular weight excluding hydrogens is 408 g/mol. The van der Waals surface area contributed by atoms with Crippen LogP contribution in [0.1, 0.15) is 22.6 Å². The highest BCUT2D eigenvalue weighted by atomic mass is 32.2. The first kappa shape index (κ1) is 19.6. The molecule has 0 aromatic heterocycles. The highest BCUT2D eigenvalue weighted by molar-refractivity contribution is 8.18. The number of benzene rings is 2. The van der Waals surface area contributed by atoms with E-state index in [1.807, 2.05) is 6.08 Å². The van der Waals surface area contributed by atoms with E-state index in [2.05, 4.69) is 52.8 Å². The largest absolute Gasteiger partial charge is 0.481 e. The van der Waals surface area contributed by atoms with Gasteiger partial charge in [0.05, 0.1) is 17.0 Å². The Morgan fingerprint density at radius 2 is 2.00 bits per heavy atom. The zero-order valence-corrected chi connectivity index (χ0v) is 17.4. The third-order valence-corrected chi connectivity index (χ3v) is 6.61. The fourth-order valence-electron chi connectivity index (χ4n) is 4.29. The van der Waals surface area contributed by atoms with Gasteiger partial charge < -0.3 is 10.4 Å². The van der Waals surface area contributed by atoms with E-state index < -0.39 is 5.97 Å². The molecule has 2 aromatic carbocycles. The Morgan fingerprint density at radius 1 is 1.19 bits per heavy atom. The number of thioether (sulfide) groups is 1. The van der Waals surface area contributed by atoms with Gasteiger partial charge in [-0.1, -0.05) is 54.6 Å². The molecule has 2 unspecified atom stereocenters. The number of aliphatic imine (C=N–C) groups is 1. The van der Waals surface area contributed by atoms with E-state index in [0.717, 1.165) is 12.0 Å². The van der Waals surface area contributed by atoms with Crippen LogP contribution >= 0.6 is 11.8 Å². The van der Waals surface area contributed by atoms with Crippen molar-refractivity contribution in [3.8, 4) is 0 Å². The zero-order valence-electron chi connectivity index (χ0n) is 16.6. The standard InChI is InChI=1S/C25H20N2O3S/c28-23(29)13-15-5-8-19(9-6-15)26-25-27-24(30)22(31-25)12-16-7-10-21-18(11-16)14-17-3-1-2-4-20(17)21/h1-12,18,21H,13-14H2,(H,28,29)(H,26,27,30)/b22-12+. The average molecular weight is 429 g/mol. The number of carbonyl (C=O) groups excluding carboxylic acids is 1. The number of carboxylic acid groups (broad SMARTS) is 1. The summed E-state index contributed by atoms with van der Waals surface area (Å²) >= 11 is 1.32. The average Bonchev–Trinajstić information content (AvgIpc) is 3.28. The van der Waals surface area contributed by atoms with Gasteiger partial charge in [-0.3, -0.25) is 9.59 Å². The Balaban J connectivity index is 1.30. The Labute approximate surface area is 184 Å². The number of rotatable bonds is 4. The molecule has 1 amide bonds. The van der Waals surface area contributed by atoms with Crippen molar-refractivity contribution in [1.29, 1.82) is 0 Å². The monoisotopic (exact) mass is 428 g/mol. The molecule has 154 valence electrons. The molecule has 6 heteroatoms. The van der Waals surface area contributed by atoms with Gasteiger partial charge in [0.25, 0.3) is 5.91 Å². The summed E-state index contributed by atoms with van der Waals surface area (Å²) in [6, 6.07) is 15.6. The minimum atomic E-state index is -0.869. The maximum Gasteiger partial charge on any atom is 0.307 e. The first-order valence-electron chi connectivity index (χ1n) is 10.1. The highest BCUT2D eigenvalue weighted by Crippen LogP contribution is 2.43. The third-order valence-electron chi connectivity index (χ3n) is 5.70. The molecule has 1 fully saturated rings. The molecule has 5 rings (SSSR count). The second-order valence-corrected chi connectivity index (χ2v) is 8.87. The maximum absolute atomic E-state index is 12.4. The number of hydrogen-bond donors (Lipinski definition) is 2. The van der Waals surface area contributed by atoms with Crippen LogP contribution in [0.5, 0.6) is 0 Å². The van der Waals surface area contributed by atoms with Crippen molar-refractivity contribution >= 4 is 34.5 Å². The number of fused-ring (bicyclic) bond motifs is 3. The first-order chi connectivity index (χ1) is 15.0. The molecule has 5 nitrogen and oxygen atoms in total. The van der Waals surface area contributed by atoms with Crippen LogP contribution in [-0.2, 0) is 22.4 Å². The molecule has 0 saturated carbocycles. The number of carboxylic acids is 1. The number of nitrogens with one attached hydrogen (secondary N) is 1. The van der Waals surface area contributed by atoms with Crippen molar-refractivity contribution in [2.75, 3.05) is 0 Å². The summed E-state index contributed by atoms with van der Waals surface area (Å²) in [5.41, 5.74) is 5.24. The molecule has 1 heterocycles. The normalized spacial score (nSPS) is 24.1. The van der Waals surface area contributed by atoms with Crippen LogP contribution in [-0.4, -0.2) is 22.2 Å². The van der Waals surface area contributed by atoms with Gasteiger partial charge in [0.15, 0.2) is 5.17 Å². The molecule has 1 saturated heterocycles. The third kappa shape index (κ3) is 4.11. The Bertz CT molecular complexity index is 1190. The molecule has 0 radical (unpaired) electrons. The lowest BCUT2D eigenvalue weighted by molar-refractivity contribution is -0.136. The fraction of sp³-hybridized carbons (Fsp3) is 0.160. The quantitative estimate of drug-likeness (QED) is 0.703. The van der Waals surface area contributed by atoms with Gasteiger partial charge in [0, 0.05) is 5.92 Å². The minimum absolute atomic E-state index is 0.0230. The summed E-state index contributed by atoms with van der Waals surface area (Å²) in [5, 5.41) is 12.2. The Morgan fingerprint density at radius 3 is 2.81 bits per heavy atom. The topological polar surface area (TPSA) is 78.8 Å². The summed E-state index contributed by atoms with van der Waals surface area (Å²) in [5.74, 6) is -0.172. The van der Waals surface area contributed by atoms with Crippen molar-refractivity contribution in [1.82, 2.24) is 5.32 Å². The second kappa shape index (κ2) is 8.04. The van der Waals surface area contributed by atoms with Crippen molar-refractivity contribution in [3.05, 3.63) is 100 Å². The predicted octanol–water partition coefficient (Wildman–Crippen LogP) is 4.50. The highest BCUT2D eigenvalue weighted by Gasteiger charge is 2.31. The van der Waals surface area contributed by atoms with Gasteiger partial charge in [-0.2, -0.15) is 0 Å². The molecule has 0 bridgehead atoms. The van der Waals surface area contributed by atoms with Crippen LogP contribution < -0.4 is 5.32 Å². The maximum atomic E-state index is 12.4. The summed E-state index contributed by atoms with van der Waals surface area (Å²) < 4.78 is 0. The predicted molar refractivity (Wildman–Crippen MR) is 122 cm³/mol. The number of carbonyl (C=O) groups is 2. The minimum Gasteiger partial charge on any atom is -0.481 e.